The van der Waals surface area contributed by atoms with Gasteiger partial charge in [0.05, 0.1) is 12.2 Å². The molecule has 1 amide bonds. The van der Waals surface area contributed by atoms with Gasteiger partial charge >= 0.3 is 0 Å². The molecule has 0 unspecified atom stereocenters. The number of aryl methyl sites for hydroxylation is 2. The van der Waals surface area contributed by atoms with E-state index in [0.717, 1.165) is 16.7 Å². The molecule has 4 rings (SSSR count). The number of hydrogen-bond donors (Lipinski definition) is 1. The molecule has 152 valence electrons. The lowest BCUT2D eigenvalue weighted by Gasteiger charge is -2.09. The Morgan fingerprint density at radius 2 is 1.90 bits per heavy atom. The van der Waals surface area contributed by atoms with E-state index in [-0.39, 0.29) is 24.6 Å². The van der Waals surface area contributed by atoms with Crippen molar-refractivity contribution < 1.29 is 9.53 Å². The number of hydrogen-bond acceptors (Lipinski definition) is 6. The zero-order valence-electron chi connectivity index (χ0n) is 16.6. The van der Waals surface area contributed by atoms with Crippen LogP contribution in [0.25, 0.3) is 15.5 Å². The lowest BCUT2D eigenvalue weighted by Crippen LogP contribution is -2.29. The molecule has 0 fully saturated rings. The van der Waals surface area contributed by atoms with Gasteiger partial charge in [-0.1, -0.05) is 59.4 Å². The Hall–Kier alpha value is -3.52. The molecule has 2 aromatic carbocycles. The van der Waals surface area contributed by atoms with E-state index in [0.29, 0.717) is 21.4 Å². The van der Waals surface area contributed by atoms with Gasteiger partial charge in [-0.25, -0.2) is 4.98 Å². The summed E-state index contributed by atoms with van der Waals surface area (Å²) in [5.41, 5.74) is 3.23. The smallest absolute Gasteiger partial charge is 0.275 e. The summed E-state index contributed by atoms with van der Waals surface area (Å²) in [6, 6.07) is 16.8. The van der Waals surface area contributed by atoms with Gasteiger partial charge in [-0.3, -0.25) is 9.59 Å². The van der Waals surface area contributed by atoms with E-state index in [2.05, 4.69) is 15.4 Å². The summed E-state index contributed by atoms with van der Waals surface area (Å²) in [6.45, 7) is 3.96. The van der Waals surface area contributed by atoms with Crippen LogP contribution in [0.4, 0.5) is 0 Å². The maximum atomic E-state index is 12.4. The van der Waals surface area contributed by atoms with Crippen LogP contribution in [-0.2, 0) is 11.3 Å². The first kappa shape index (κ1) is 19.8. The molecule has 0 atom stereocenters. The summed E-state index contributed by atoms with van der Waals surface area (Å²) in [6.07, 6.45) is 0. The first-order valence-electron chi connectivity index (χ1n) is 9.41. The molecule has 1 N–H and O–H groups in total. The van der Waals surface area contributed by atoms with Gasteiger partial charge in [-0.05, 0) is 25.5 Å². The van der Waals surface area contributed by atoms with E-state index in [9.17, 15) is 9.59 Å². The van der Waals surface area contributed by atoms with Crippen LogP contribution < -0.4 is 15.6 Å². The molecular weight excluding hydrogens is 400 g/mol. The number of rotatable bonds is 6. The second-order valence-corrected chi connectivity index (χ2v) is 7.84. The summed E-state index contributed by atoms with van der Waals surface area (Å²) in [4.78, 5) is 29.5. The minimum atomic E-state index is -0.287. The van der Waals surface area contributed by atoms with Crippen LogP contribution in [-0.4, -0.2) is 27.1 Å². The predicted molar refractivity (Wildman–Crippen MR) is 116 cm³/mol. The van der Waals surface area contributed by atoms with Gasteiger partial charge in [0.15, 0.2) is 6.61 Å². The molecule has 30 heavy (non-hydrogen) atoms. The van der Waals surface area contributed by atoms with Crippen LogP contribution in [0.2, 0.25) is 0 Å². The van der Waals surface area contributed by atoms with E-state index in [1.165, 1.54) is 21.9 Å². The summed E-state index contributed by atoms with van der Waals surface area (Å²) >= 11 is 1.33. The molecule has 8 heteroatoms. The molecule has 7 nitrogen and oxygen atoms in total. The third-order valence-electron chi connectivity index (χ3n) is 4.52. The standard InChI is InChI=1S/C22H20N4O3S/c1-14-7-9-16(10-8-14)21-25-26-20(28)11-17(24-22(26)30-21)12-23-19(27)13-29-18-6-4-3-5-15(18)2/h3-11H,12-13H2,1-2H3,(H,23,27). The van der Waals surface area contributed by atoms with Gasteiger partial charge < -0.3 is 10.1 Å². The van der Waals surface area contributed by atoms with Crippen LogP contribution in [0, 0.1) is 13.8 Å². The van der Waals surface area contributed by atoms with Crippen LogP contribution in [0.15, 0.2) is 59.4 Å². The van der Waals surface area contributed by atoms with Crippen molar-refractivity contribution in [3.05, 3.63) is 81.8 Å². The highest BCUT2D eigenvalue weighted by molar-refractivity contribution is 7.19. The van der Waals surface area contributed by atoms with Crippen molar-refractivity contribution in [3.63, 3.8) is 0 Å². The fraction of sp³-hybridized carbons (Fsp3) is 0.182. The molecule has 2 heterocycles. The number of nitrogens with one attached hydrogen (secondary N) is 1. The van der Waals surface area contributed by atoms with E-state index < -0.39 is 0 Å². The Morgan fingerprint density at radius 1 is 1.13 bits per heavy atom. The van der Waals surface area contributed by atoms with E-state index in [1.807, 2.05) is 62.4 Å². The molecule has 0 aliphatic carbocycles. The average Bonchev–Trinajstić information content (AvgIpc) is 3.17. The number of nitrogens with zero attached hydrogens (tertiary/aromatic N) is 3. The van der Waals surface area contributed by atoms with Gasteiger partial charge in [0.2, 0.25) is 4.96 Å². The van der Waals surface area contributed by atoms with E-state index in [1.54, 1.807) is 0 Å². The molecule has 0 saturated carbocycles. The number of carbonyl (C=O) groups excluding carboxylic acids is 1. The zero-order chi connectivity index (χ0) is 21.1. The molecule has 0 aliphatic heterocycles. The number of ether oxygens (including phenoxy) is 1. The molecule has 0 aliphatic rings. The molecule has 2 aromatic heterocycles. The normalized spacial score (nSPS) is 10.9. The lowest BCUT2D eigenvalue weighted by molar-refractivity contribution is -0.123. The minimum absolute atomic E-state index is 0.107. The second-order valence-electron chi connectivity index (χ2n) is 6.88. The third-order valence-corrected chi connectivity index (χ3v) is 5.47. The van der Waals surface area contributed by atoms with E-state index >= 15 is 0 Å². The SMILES string of the molecule is Cc1ccc(-c2nn3c(=O)cc(CNC(=O)COc4ccccc4C)nc3s2)cc1. The van der Waals surface area contributed by atoms with Crippen LogP contribution >= 0.6 is 11.3 Å². The Kier molecular flexibility index (Phi) is 5.58. The van der Waals surface area contributed by atoms with Gasteiger partial charge in [-0.2, -0.15) is 9.61 Å². The van der Waals surface area contributed by atoms with E-state index in [4.69, 9.17) is 4.74 Å². The number of carbonyl (C=O) groups is 1. The Bertz CT molecular complexity index is 1260. The van der Waals surface area contributed by atoms with Crippen molar-refractivity contribution in [2.75, 3.05) is 6.61 Å². The van der Waals surface area contributed by atoms with Crippen molar-refractivity contribution >= 4 is 22.2 Å². The summed E-state index contributed by atoms with van der Waals surface area (Å²) < 4.78 is 6.82. The maximum absolute atomic E-state index is 12.4. The van der Waals surface area contributed by atoms with Crippen LogP contribution in [0.3, 0.4) is 0 Å². The van der Waals surface area contributed by atoms with Crippen molar-refractivity contribution in [3.8, 4) is 16.3 Å². The fourth-order valence-corrected chi connectivity index (χ4v) is 3.79. The molecule has 0 saturated heterocycles. The quantitative estimate of drug-likeness (QED) is 0.518. The van der Waals surface area contributed by atoms with Gasteiger partial charge in [0, 0.05) is 11.6 Å². The lowest BCUT2D eigenvalue weighted by atomic mass is 10.2. The average molecular weight is 420 g/mol. The topological polar surface area (TPSA) is 85.6 Å². The first-order valence-corrected chi connectivity index (χ1v) is 10.2. The van der Waals surface area contributed by atoms with Crippen molar-refractivity contribution in [2.24, 2.45) is 0 Å². The number of benzene rings is 2. The number of aromatic nitrogens is 3. The summed E-state index contributed by atoms with van der Waals surface area (Å²) in [5.74, 6) is 0.378. The Balaban J connectivity index is 1.44. The van der Waals surface area contributed by atoms with Crippen molar-refractivity contribution in [1.29, 1.82) is 0 Å². The van der Waals surface area contributed by atoms with Gasteiger partial charge in [0.25, 0.3) is 11.5 Å². The number of amides is 1. The highest BCUT2D eigenvalue weighted by Gasteiger charge is 2.12. The molecule has 0 radical (unpaired) electrons. The molecule has 4 aromatic rings. The predicted octanol–water partition coefficient (Wildman–Crippen LogP) is 3.13. The second kappa shape index (κ2) is 8.46. The number of fused-ring (bicyclic) bond motifs is 1. The summed E-state index contributed by atoms with van der Waals surface area (Å²) in [5, 5.41) is 7.82. The molecular formula is C22H20N4O3S. The van der Waals surface area contributed by atoms with Gasteiger partial charge in [0.1, 0.15) is 10.8 Å². The molecule has 0 bridgehead atoms. The van der Waals surface area contributed by atoms with Crippen LogP contribution in [0.1, 0.15) is 16.8 Å². The maximum Gasteiger partial charge on any atom is 0.275 e. The Morgan fingerprint density at radius 3 is 2.67 bits per heavy atom. The number of para-hydroxylation sites is 1. The highest BCUT2D eigenvalue weighted by atomic mass is 32.1. The van der Waals surface area contributed by atoms with Gasteiger partial charge in [-0.15, -0.1) is 0 Å². The van der Waals surface area contributed by atoms with Crippen LogP contribution in [0.5, 0.6) is 5.75 Å². The molecule has 0 spiro atoms. The van der Waals surface area contributed by atoms with Crippen molar-refractivity contribution in [1.82, 2.24) is 19.9 Å². The van der Waals surface area contributed by atoms with Crippen molar-refractivity contribution in [2.45, 2.75) is 20.4 Å². The summed E-state index contributed by atoms with van der Waals surface area (Å²) in [7, 11) is 0. The highest BCUT2D eigenvalue weighted by Crippen LogP contribution is 2.24. The third kappa shape index (κ3) is 4.38. The first-order chi connectivity index (χ1) is 14.5. The largest absolute Gasteiger partial charge is 0.484 e. The Labute approximate surface area is 177 Å². The minimum Gasteiger partial charge on any atom is -0.484 e. The fourth-order valence-electron chi connectivity index (χ4n) is 2.86. The zero-order valence-corrected chi connectivity index (χ0v) is 17.4. The monoisotopic (exact) mass is 420 g/mol.